The van der Waals surface area contributed by atoms with Crippen LogP contribution in [0.25, 0.3) is 0 Å². The Balaban J connectivity index is 0. The molecule has 0 saturated heterocycles. The number of carboxylic acids is 1. The number of carbonyl (C=O) groups is 1. The van der Waals surface area contributed by atoms with Crippen molar-refractivity contribution in [3.8, 4) is 11.5 Å². The fraction of sp³-hybridized carbons (Fsp3) is 0.182. The van der Waals surface area contributed by atoms with Gasteiger partial charge in [0.05, 0.1) is 0 Å². The molecule has 0 spiro atoms. The van der Waals surface area contributed by atoms with Gasteiger partial charge in [0.25, 0.3) is 0 Å². The van der Waals surface area contributed by atoms with Crippen LogP contribution < -0.4 is 0 Å². The van der Waals surface area contributed by atoms with Crippen molar-refractivity contribution in [3.63, 3.8) is 0 Å². The van der Waals surface area contributed by atoms with E-state index >= 15 is 0 Å². The third kappa shape index (κ3) is 14.5. The van der Waals surface area contributed by atoms with E-state index in [0.717, 1.165) is 6.08 Å². The molecule has 3 N–H and O–H groups in total. The maximum atomic E-state index is 9.25. The fourth-order valence-electron chi connectivity index (χ4n) is 0.453. The number of benzene rings is 1. The topological polar surface area (TPSA) is 87.0 Å². The lowest BCUT2D eigenvalue weighted by atomic mass is 10.3. The highest BCUT2D eigenvalue weighted by atomic mass is 16.4. The number of rotatable bonds is 1. The average molecular weight is 228 g/mol. The Morgan fingerprint density at radius 1 is 1.19 bits per heavy atom. The molecule has 0 radical (unpaired) electrons. The molecule has 0 aliphatic heterocycles. The van der Waals surface area contributed by atoms with Crippen LogP contribution in [0, 0.1) is 0 Å². The molecule has 1 aromatic rings. The van der Waals surface area contributed by atoms with E-state index in [1.807, 2.05) is 0 Å². The van der Waals surface area contributed by atoms with Crippen LogP contribution in [0.4, 0.5) is 0 Å². The zero-order valence-electron chi connectivity index (χ0n) is 9.25. The van der Waals surface area contributed by atoms with Gasteiger partial charge in [-0.25, -0.2) is 4.79 Å². The quantitative estimate of drug-likeness (QED) is 0.502. The maximum Gasteiger partial charge on any atom is 0.327 e. The smallest absolute Gasteiger partial charge is 0.327 e. The highest BCUT2D eigenvalue weighted by molar-refractivity contribution is 5.78. The van der Waals surface area contributed by atoms with Crippen LogP contribution in [0.1, 0.15) is 0 Å². The molecular formula is C11H16O5. The largest absolute Gasteiger partial charge is 0.508 e. The number of phenols is 2. The molecule has 0 unspecified atom stereocenters. The van der Waals surface area contributed by atoms with Crippen LogP contribution in [-0.2, 0) is 9.53 Å². The summed E-state index contributed by atoms with van der Waals surface area (Å²) < 4.78 is 4.25. The van der Waals surface area contributed by atoms with Crippen molar-refractivity contribution < 1.29 is 24.9 Å². The second-order valence-corrected chi connectivity index (χ2v) is 2.47. The lowest BCUT2D eigenvalue weighted by molar-refractivity contribution is -0.131. The van der Waals surface area contributed by atoms with E-state index < -0.39 is 5.97 Å². The number of methoxy groups -OCH3 is 1. The van der Waals surface area contributed by atoms with Crippen molar-refractivity contribution >= 4 is 5.97 Å². The van der Waals surface area contributed by atoms with Gasteiger partial charge in [-0.2, -0.15) is 0 Å². The van der Waals surface area contributed by atoms with E-state index in [-0.39, 0.29) is 11.5 Å². The second kappa shape index (κ2) is 11.1. The van der Waals surface area contributed by atoms with Crippen molar-refractivity contribution in [2.24, 2.45) is 0 Å². The molecule has 0 aliphatic carbocycles. The van der Waals surface area contributed by atoms with E-state index in [1.165, 1.54) is 24.3 Å². The van der Waals surface area contributed by atoms with Gasteiger partial charge in [-0.05, 0) is 24.3 Å². The minimum Gasteiger partial charge on any atom is -0.508 e. The minimum atomic E-state index is -0.981. The first-order valence-corrected chi connectivity index (χ1v) is 4.21. The Kier molecular flexibility index (Phi) is 11.4. The van der Waals surface area contributed by atoms with Crippen LogP contribution in [0.15, 0.2) is 36.9 Å². The number of phenolic OH excluding ortho intramolecular Hbond substituents is 2. The Hall–Kier alpha value is -2.01. The third-order valence-corrected chi connectivity index (χ3v) is 1.02. The Morgan fingerprint density at radius 3 is 1.50 bits per heavy atom. The Labute approximate surface area is 94.2 Å². The molecule has 1 rings (SSSR count). The maximum absolute atomic E-state index is 9.25. The predicted molar refractivity (Wildman–Crippen MR) is 60.5 cm³/mol. The highest BCUT2D eigenvalue weighted by Gasteiger charge is 1.84. The lowest BCUT2D eigenvalue weighted by Crippen LogP contribution is -1.82. The fourth-order valence-corrected chi connectivity index (χ4v) is 0.453. The zero-order valence-corrected chi connectivity index (χ0v) is 9.25. The number of aromatic hydroxyl groups is 2. The van der Waals surface area contributed by atoms with E-state index in [0.29, 0.717) is 0 Å². The van der Waals surface area contributed by atoms with Crippen molar-refractivity contribution in [1.29, 1.82) is 0 Å². The summed E-state index contributed by atoms with van der Waals surface area (Å²) in [5.41, 5.74) is 0. The van der Waals surface area contributed by atoms with Gasteiger partial charge in [0.1, 0.15) is 11.5 Å². The molecule has 0 heterocycles. The molecule has 16 heavy (non-hydrogen) atoms. The van der Waals surface area contributed by atoms with Crippen molar-refractivity contribution in [1.82, 2.24) is 0 Å². The summed E-state index contributed by atoms with van der Waals surface area (Å²) in [5, 5.41) is 24.9. The van der Waals surface area contributed by atoms with Crippen LogP contribution in [0.3, 0.4) is 0 Å². The van der Waals surface area contributed by atoms with Gasteiger partial charge in [0, 0.05) is 20.3 Å². The van der Waals surface area contributed by atoms with E-state index in [4.69, 9.17) is 15.3 Å². The molecule has 0 fully saturated rings. The Morgan fingerprint density at radius 2 is 1.38 bits per heavy atom. The van der Waals surface area contributed by atoms with E-state index in [9.17, 15) is 4.79 Å². The molecule has 0 atom stereocenters. The molecule has 5 nitrogen and oxygen atoms in total. The first kappa shape index (κ1) is 16.4. The van der Waals surface area contributed by atoms with E-state index in [1.54, 1.807) is 14.2 Å². The number of aliphatic carboxylic acids is 1. The van der Waals surface area contributed by atoms with Crippen molar-refractivity contribution in [3.05, 3.63) is 36.9 Å². The van der Waals surface area contributed by atoms with Gasteiger partial charge in [-0.1, -0.05) is 6.58 Å². The number of hydrogen-bond donors (Lipinski definition) is 3. The van der Waals surface area contributed by atoms with Crippen LogP contribution in [0.2, 0.25) is 0 Å². The normalized spacial score (nSPS) is 7.62. The highest BCUT2D eigenvalue weighted by Crippen LogP contribution is 2.13. The molecular weight excluding hydrogens is 212 g/mol. The van der Waals surface area contributed by atoms with Crippen LogP contribution >= 0.6 is 0 Å². The molecule has 0 bridgehead atoms. The van der Waals surface area contributed by atoms with Gasteiger partial charge < -0.3 is 20.1 Å². The Bertz CT molecular complexity index is 271. The molecule has 90 valence electrons. The molecule has 1 aromatic carbocycles. The van der Waals surface area contributed by atoms with Crippen molar-refractivity contribution in [2.45, 2.75) is 0 Å². The van der Waals surface area contributed by atoms with E-state index in [2.05, 4.69) is 11.3 Å². The number of hydrogen-bond acceptors (Lipinski definition) is 4. The number of ether oxygens (including phenoxy) is 1. The molecule has 0 saturated carbocycles. The van der Waals surface area contributed by atoms with Gasteiger partial charge in [0.2, 0.25) is 0 Å². The summed E-state index contributed by atoms with van der Waals surface area (Å²) in [6.45, 7) is 2.96. The number of carboxylic acid groups (broad SMARTS) is 1. The van der Waals surface area contributed by atoms with Crippen LogP contribution in [0.5, 0.6) is 11.5 Å². The summed E-state index contributed by atoms with van der Waals surface area (Å²) in [5.74, 6) is -0.643. The molecule has 0 aromatic heterocycles. The summed E-state index contributed by atoms with van der Waals surface area (Å²) in [6, 6.07) is 5.70. The van der Waals surface area contributed by atoms with Gasteiger partial charge in [-0.3, -0.25) is 0 Å². The first-order valence-electron chi connectivity index (χ1n) is 4.21. The van der Waals surface area contributed by atoms with Gasteiger partial charge in [-0.15, -0.1) is 0 Å². The molecule has 0 amide bonds. The third-order valence-electron chi connectivity index (χ3n) is 1.02. The zero-order chi connectivity index (χ0) is 13.0. The summed E-state index contributed by atoms with van der Waals surface area (Å²) >= 11 is 0. The summed E-state index contributed by atoms with van der Waals surface area (Å²) in [6.07, 6.45) is 0.833. The predicted octanol–water partition coefficient (Wildman–Crippen LogP) is 1.62. The molecule has 5 heteroatoms. The standard InChI is InChI=1S/C6H6O2.C3H4O2.C2H6O/c7-5-1-2-6(8)4-3-5;1-2-3(4)5;1-3-2/h1-4,7-8H;2H,1H2,(H,4,5);1-2H3. The average Bonchev–Trinajstić information content (AvgIpc) is 2.24. The summed E-state index contributed by atoms with van der Waals surface area (Å²) in [4.78, 5) is 9.25. The lowest BCUT2D eigenvalue weighted by Gasteiger charge is -1.88. The first-order chi connectivity index (χ1) is 7.47. The van der Waals surface area contributed by atoms with Gasteiger partial charge >= 0.3 is 5.97 Å². The SMILES string of the molecule is C=CC(=O)O.COC.Oc1ccc(O)cc1. The van der Waals surface area contributed by atoms with Crippen molar-refractivity contribution in [2.75, 3.05) is 14.2 Å². The summed E-state index contributed by atoms with van der Waals surface area (Å²) in [7, 11) is 3.25. The van der Waals surface area contributed by atoms with Crippen LogP contribution in [-0.4, -0.2) is 35.5 Å². The molecule has 0 aliphatic rings. The second-order valence-electron chi connectivity index (χ2n) is 2.47. The monoisotopic (exact) mass is 228 g/mol. The van der Waals surface area contributed by atoms with Gasteiger partial charge in [0.15, 0.2) is 0 Å². The minimum absolute atomic E-state index is 0.169.